The molecular weight excluding hydrogens is 253 g/mol. The van der Waals surface area contributed by atoms with E-state index in [0.29, 0.717) is 17.2 Å². The summed E-state index contributed by atoms with van der Waals surface area (Å²) >= 11 is 1.22. The Kier molecular flexibility index (Phi) is 3.72. The molecule has 5 heteroatoms. The monoisotopic (exact) mass is 265 g/mol. The summed E-state index contributed by atoms with van der Waals surface area (Å²) in [5.74, 6) is -0.813. The van der Waals surface area contributed by atoms with Crippen molar-refractivity contribution in [3.05, 3.63) is 40.7 Å². The smallest absolute Gasteiger partial charge is 0.357 e. The Morgan fingerprint density at radius 2 is 2.28 bits per heavy atom. The maximum absolute atomic E-state index is 13.7. The van der Waals surface area contributed by atoms with E-state index in [1.807, 2.05) is 13.0 Å². The van der Waals surface area contributed by atoms with Crippen molar-refractivity contribution in [1.29, 1.82) is 0 Å². The van der Waals surface area contributed by atoms with Gasteiger partial charge in [0.1, 0.15) is 10.8 Å². The van der Waals surface area contributed by atoms with Crippen LogP contribution < -0.4 is 0 Å². The molecule has 3 nitrogen and oxygen atoms in total. The van der Waals surface area contributed by atoms with Crippen LogP contribution in [0.4, 0.5) is 4.39 Å². The van der Waals surface area contributed by atoms with Gasteiger partial charge in [-0.15, -0.1) is 11.3 Å². The predicted octanol–water partition coefficient (Wildman–Crippen LogP) is 3.43. The number of carbonyl (C=O) groups is 1. The first-order valence-corrected chi connectivity index (χ1v) is 6.39. The van der Waals surface area contributed by atoms with Crippen LogP contribution in [-0.4, -0.2) is 17.6 Å². The van der Waals surface area contributed by atoms with E-state index in [-0.39, 0.29) is 11.5 Å². The van der Waals surface area contributed by atoms with Gasteiger partial charge in [0.2, 0.25) is 0 Å². The fourth-order valence-corrected chi connectivity index (χ4v) is 2.31. The average molecular weight is 265 g/mol. The summed E-state index contributed by atoms with van der Waals surface area (Å²) in [6, 6.07) is 4.92. The normalized spacial score (nSPS) is 10.4. The zero-order valence-electron chi connectivity index (χ0n) is 10.1. The van der Waals surface area contributed by atoms with Crippen LogP contribution in [-0.2, 0) is 4.74 Å². The zero-order chi connectivity index (χ0) is 13.1. The molecule has 1 heterocycles. The van der Waals surface area contributed by atoms with Gasteiger partial charge in [0.25, 0.3) is 0 Å². The minimum Gasteiger partial charge on any atom is -0.461 e. The molecule has 0 aliphatic heterocycles. The van der Waals surface area contributed by atoms with Crippen LogP contribution in [0.1, 0.15) is 23.0 Å². The molecular formula is C13H12FNO2S. The van der Waals surface area contributed by atoms with Gasteiger partial charge in [0.05, 0.1) is 6.61 Å². The Morgan fingerprint density at radius 3 is 2.94 bits per heavy atom. The fourth-order valence-electron chi connectivity index (χ4n) is 1.49. The maximum Gasteiger partial charge on any atom is 0.357 e. The van der Waals surface area contributed by atoms with Gasteiger partial charge in [-0.25, -0.2) is 14.2 Å². The molecule has 0 aliphatic carbocycles. The summed E-state index contributed by atoms with van der Waals surface area (Å²) in [7, 11) is 0. The second kappa shape index (κ2) is 5.27. The lowest BCUT2D eigenvalue weighted by molar-refractivity contribution is 0.0520. The molecule has 0 unspecified atom stereocenters. The number of ether oxygens (including phenoxy) is 1. The van der Waals surface area contributed by atoms with E-state index in [0.717, 1.165) is 5.56 Å². The second-order valence-electron chi connectivity index (χ2n) is 3.74. The van der Waals surface area contributed by atoms with Crippen molar-refractivity contribution in [2.45, 2.75) is 13.8 Å². The summed E-state index contributed by atoms with van der Waals surface area (Å²) in [6.45, 7) is 3.84. The van der Waals surface area contributed by atoms with Gasteiger partial charge in [-0.05, 0) is 31.5 Å². The Labute approximate surface area is 108 Å². The molecule has 0 aliphatic rings. The number of hydrogen-bond acceptors (Lipinski definition) is 4. The molecule has 1 aromatic carbocycles. The molecule has 0 fully saturated rings. The van der Waals surface area contributed by atoms with Crippen LogP contribution in [0.15, 0.2) is 23.6 Å². The molecule has 0 amide bonds. The van der Waals surface area contributed by atoms with Crippen molar-refractivity contribution >= 4 is 17.3 Å². The van der Waals surface area contributed by atoms with Crippen LogP contribution in [0.25, 0.3) is 10.6 Å². The molecule has 0 atom stereocenters. The number of aryl methyl sites for hydroxylation is 1. The highest BCUT2D eigenvalue weighted by atomic mass is 32.1. The maximum atomic E-state index is 13.7. The molecule has 0 saturated heterocycles. The number of benzene rings is 1. The average Bonchev–Trinajstić information content (AvgIpc) is 2.78. The molecule has 1 aromatic heterocycles. The SMILES string of the molecule is CCOC(=O)c1csc(-c2ccc(C)cc2F)n1. The van der Waals surface area contributed by atoms with Crippen LogP contribution >= 0.6 is 11.3 Å². The van der Waals surface area contributed by atoms with E-state index in [9.17, 15) is 9.18 Å². The highest BCUT2D eigenvalue weighted by Crippen LogP contribution is 2.27. The number of hydrogen-bond donors (Lipinski definition) is 0. The molecule has 0 bridgehead atoms. The van der Waals surface area contributed by atoms with Gasteiger partial charge in [-0.2, -0.15) is 0 Å². The minimum atomic E-state index is -0.479. The van der Waals surface area contributed by atoms with Gasteiger partial charge < -0.3 is 4.74 Å². The summed E-state index contributed by atoms with van der Waals surface area (Å²) in [6.07, 6.45) is 0. The third kappa shape index (κ3) is 2.56. The fraction of sp³-hybridized carbons (Fsp3) is 0.231. The first-order valence-electron chi connectivity index (χ1n) is 5.51. The molecule has 0 spiro atoms. The first-order chi connectivity index (χ1) is 8.61. The quantitative estimate of drug-likeness (QED) is 0.798. The number of rotatable bonds is 3. The van der Waals surface area contributed by atoms with Crippen LogP contribution in [0.3, 0.4) is 0 Å². The Morgan fingerprint density at radius 1 is 1.50 bits per heavy atom. The number of thiazole rings is 1. The number of esters is 1. The van der Waals surface area contributed by atoms with Gasteiger partial charge in [-0.3, -0.25) is 0 Å². The van der Waals surface area contributed by atoms with E-state index in [2.05, 4.69) is 4.98 Å². The summed E-state index contributed by atoms with van der Waals surface area (Å²) in [5, 5.41) is 2.06. The van der Waals surface area contributed by atoms with Crippen LogP contribution in [0.2, 0.25) is 0 Å². The number of carbonyl (C=O) groups excluding carboxylic acids is 1. The van der Waals surface area contributed by atoms with Crippen molar-refractivity contribution in [1.82, 2.24) is 4.98 Å². The summed E-state index contributed by atoms with van der Waals surface area (Å²) < 4.78 is 18.6. The first kappa shape index (κ1) is 12.7. The van der Waals surface area contributed by atoms with E-state index in [1.54, 1.807) is 18.4 Å². The lowest BCUT2D eigenvalue weighted by Gasteiger charge is -2.00. The van der Waals surface area contributed by atoms with E-state index >= 15 is 0 Å². The zero-order valence-corrected chi connectivity index (χ0v) is 10.9. The highest BCUT2D eigenvalue weighted by molar-refractivity contribution is 7.13. The molecule has 94 valence electrons. The number of aromatic nitrogens is 1. The standard InChI is InChI=1S/C13H12FNO2S/c1-3-17-13(16)11-7-18-12(15-11)9-5-4-8(2)6-10(9)14/h4-7H,3H2,1-2H3. The second-order valence-corrected chi connectivity index (χ2v) is 4.60. The Bertz CT molecular complexity index is 580. The van der Waals surface area contributed by atoms with Crippen LogP contribution in [0, 0.1) is 12.7 Å². The number of nitrogens with zero attached hydrogens (tertiary/aromatic N) is 1. The Hall–Kier alpha value is -1.75. The van der Waals surface area contributed by atoms with Gasteiger partial charge in [0, 0.05) is 10.9 Å². The van der Waals surface area contributed by atoms with E-state index in [4.69, 9.17) is 4.74 Å². The van der Waals surface area contributed by atoms with Crippen molar-refractivity contribution < 1.29 is 13.9 Å². The molecule has 0 saturated carbocycles. The minimum absolute atomic E-state index is 0.219. The third-order valence-electron chi connectivity index (χ3n) is 2.34. The lowest BCUT2D eigenvalue weighted by atomic mass is 10.1. The van der Waals surface area contributed by atoms with E-state index < -0.39 is 5.97 Å². The molecule has 18 heavy (non-hydrogen) atoms. The largest absolute Gasteiger partial charge is 0.461 e. The van der Waals surface area contributed by atoms with Crippen molar-refractivity contribution in [2.75, 3.05) is 6.61 Å². The topological polar surface area (TPSA) is 39.2 Å². The summed E-state index contributed by atoms with van der Waals surface area (Å²) in [5.41, 5.74) is 1.47. The van der Waals surface area contributed by atoms with Crippen molar-refractivity contribution in [3.8, 4) is 10.6 Å². The highest BCUT2D eigenvalue weighted by Gasteiger charge is 2.14. The molecule has 0 N–H and O–H groups in total. The summed E-state index contributed by atoms with van der Waals surface area (Å²) in [4.78, 5) is 15.6. The van der Waals surface area contributed by atoms with E-state index in [1.165, 1.54) is 17.4 Å². The molecule has 2 aromatic rings. The molecule has 0 radical (unpaired) electrons. The molecule has 2 rings (SSSR count). The predicted molar refractivity (Wildman–Crippen MR) is 68.2 cm³/mol. The van der Waals surface area contributed by atoms with Crippen molar-refractivity contribution in [2.24, 2.45) is 0 Å². The lowest BCUT2D eigenvalue weighted by Crippen LogP contribution is -2.04. The number of halogens is 1. The van der Waals surface area contributed by atoms with Crippen molar-refractivity contribution in [3.63, 3.8) is 0 Å². The van der Waals surface area contributed by atoms with Gasteiger partial charge in [-0.1, -0.05) is 6.07 Å². The van der Waals surface area contributed by atoms with Gasteiger partial charge in [0.15, 0.2) is 5.69 Å². The van der Waals surface area contributed by atoms with Gasteiger partial charge >= 0.3 is 5.97 Å². The van der Waals surface area contributed by atoms with Crippen LogP contribution in [0.5, 0.6) is 0 Å². The third-order valence-corrected chi connectivity index (χ3v) is 3.22. The Balaban J connectivity index is 2.32.